The lowest BCUT2D eigenvalue weighted by Gasteiger charge is -2.33. The van der Waals surface area contributed by atoms with Gasteiger partial charge < -0.3 is 0 Å². The van der Waals surface area contributed by atoms with E-state index in [4.69, 9.17) is 0 Å². The topological polar surface area (TPSA) is 34.0 Å². The Balaban J connectivity index is 1.74. The molecule has 1 aliphatic rings. The van der Waals surface area contributed by atoms with E-state index in [2.05, 4.69) is 42.2 Å². The zero-order valence-corrected chi connectivity index (χ0v) is 13.4. The number of likely N-dealkylation sites (tertiary alicyclic amines) is 1. The Bertz CT molecular complexity index is 378. The van der Waals surface area contributed by atoms with Crippen molar-refractivity contribution in [3.05, 3.63) is 11.9 Å². The highest BCUT2D eigenvalue weighted by Gasteiger charge is 2.21. The summed E-state index contributed by atoms with van der Waals surface area (Å²) in [4.78, 5) is 2.53. The van der Waals surface area contributed by atoms with Gasteiger partial charge in [-0.2, -0.15) is 0 Å². The molecule has 114 valence electrons. The fraction of sp³-hybridized carbons (Fsp3) is 0.875. The first-order chi connectivity index (χ1) is 9.69. The highest BCUT2D eigenvalue weighted by Crippen LogP contribution is 2.24. The lowest BCUT2D eigenvalue weighted by molar-refractivity contribution is 0.150. The molecule has 20 heavy (non-hydrogen) atoms. The summed E-state index contributed by atoms with van der Waals surface area (Å²) in [6.07, 6.45) is 8.54. The number of nitrogens with zero attached hydrogens (tertiary/aromatic N) is 4. The van der Waals surface area contributed by atoms with Crippen LogP contribution in [0.25, 0.3) is 0 Å². The highest BCUT2D eigenvalue weighted by atomic mass is 15.4. The summed E-state index contributed by atoms with van der Waals surface area (Å²) < 4.78 is 2.01. The van der Waals surface area contributed by atoms with Gasteiger partial charge in [0.15, 0.2) is 0 Å². The molecule has 1 saturated heterocycles. The van der Waals surface area contributed by atoms with Crippen molar-refractivity contribution in [3.8, 4) is 0 Å². The van der Waals surface area contributed by atoms with Crippen molar-refractivity contribution in [3.63, 3.8) is 0 Å². The van der Waals surface area contributed by atoms with E-state index in [1.165, 1.54) is 45.2 Å². The summed E-state index contributed by atoms with van der Waals surface area (Å²) in [7, 11) is 0. The second-order valence-corrected chi connectivity index (χ2v) is 6.54. The lowest BCUT2D eigenvalue weighted by Crippen LogP contribution is -2.34. The number of hydrogen-bond acceptors (Lipinski definition) is 3. The van der Waals surface area contributed by atoms with Gasteiger partial charge in [-0.25, -0.2) is 0 Å². The number of aromatic nitrogens is 3. The van der Waals surface area contributed by atoms with Crippen LogP contribution in [0.1, 0.15) is 58.6 Å². The number of hydrogen-bond donors (Lipinski definition) is 0. The van der Waals surface area contributed by atoms with Gasteiger partial charge in [0.1, 0.15) is 0 Å². The van der Waals surface area contributed by atoms with Crippen molar-refractivity contribution in [2.24, 2.45) is 11.8 Å². The standard InChI is InChI=1S/C16H30N4/c1-4-5-6-9-20-13-16(17-18-20)12-19-10-7-15(8-11-19)14(2)3/h13-15H,4-12H2,1-3H3. The largest absolute Gasteiger partial charge is 0.297 e. The molecule has 2 rings (SSSR count). The van der Waals surface area contributed by atoms with Crippen LogP contribution >= 0.6 is 0 Å². The van der Waals surface area contributed by atoms with Crippen LogP contribution in [0.15, 0.2) is 6.20 Å². The van der Waals surface area contributed by atoms with E-state index in [-0.39, 0.29) is 0 Å². The molecule has 2 heterocycles. The molecule has 0 N–H and O–H groups in total. The quantitative estimate of drug-likeness (QED) is 0.717. The molecule has 4 nitrogen and oxygen atoms in total. The van der Waals surface area contributed by atoms with Crippen LogP contribution in [0.3, 0.4) is 0 Å². The van der Waals surface area contributed by atoms with Crippen molar-refractivity contribution < 1.29 is 0 Å². The fourth-order valence-corrected chi connectivity index (χ4v) is 3.05. The second-order valence-electron chi connectivity index (χ2n) is 6.54. The van der Waals surface area contributed by atoms with E-state index >= 15 is 0 Å². The van der Waals surface area contributed by atoms with Crippen LogP contribution in [0, 0.1) is 11.8 Å². The first-order valence-corrected chi connectivity index (χ1v) is 8.30. The van der Waals surface area contributed by atoms with E-state index in [1.807, 2.05) is 4.68 Å². The van der Waals surface area contributed by atoms with E-state index in [9.17, 15) is 0 Å². The summed E-state index contributed by atoms with van der Waals surface area (Å²) in [6, 6.07) is 0. The zero-order chi connectivity index (χ0) is 14.4. The maximum Gasteiger partial charge on any atom is 0.0967 e. The molecule has 0 bridgehead atoms. The first kappa shape index (κ1) is 15.5. The fourth-order valence-electron chi connectivity index (χ4n) is 3.05. The number of rotatable bonds is 7. The van der Waals surface area contributed by atoms with Crippen LogP contribution in [0.5, 0.6) is 0 Å². The van der Waals surface area contributed by atoms with E-state index in [1.54, 1.807) is 0 Å². The van der Waals surface area contributed by atoms with Gasteiger partial charge in [0.25, 0.3) is 0 Å². The highest BCUT2D eigenvalue weighted by molar-refractivity contribution is 4.93. The van der Waals surface area contributed by atoms with Crippen molar-refractivity contribution in [2.45, 2.75) is 66.0 Å². The van der Waals surface area contributed by atoms with E-state index in [0.29, 0.717) is 0 Å². The first-order valence-electron chi connectivity index (χ1n) is 8.30. The molecular weight excluding hydrogens is 248 g/mol. The molecule has 0 spiro atoms. The summed E-state index contributed by atoms with van der Waals surface area (Å²) in [5, 5.41) is 8.55. The Morgan fingerprint density at radius 2 is 2.00 bits per heavy atom. The number of piperidine rings is 1. The van der Waals surface area contributed by atoms with Gasteiger partial charge in [-0.15, -0.1) is 5.10 Å². The minimum absolute atomic E-state index is 0.830. The van der Waals surface area contributed by atoms with Gasteiger partial charge in [0, 0.05) is 19.3 Å². The van der Waals surface area contributed by atoms with Crippen molar-refractivity contribution in [2.75, 3.05) is 13.1 Å². The summed E-state index contributed by atoms with van der Waals surface area (Å²) in [6.45, 7) is 11.3. The van der Waals surface area contributed by atoms with Gasteiger partial charge in [-0.1, -0.05) is 38.8 Å². The summed E-state index contributed by atoms with van der Waals surface area (Å²) >= 11 is 0. The molecule has 0 unspecified atom stereocenters. The normalized spacial score (nSPS) is 18.0. The molecule has 1 aliphatic heterocycles. The predicted molar refractivity (Wildman–Crippen MR) is 82.4 cm³/mol. The van der Waals surface area contributed by atoms with Gasteiger partial charge in [-0.3, -0.25) is 9.58 Å². The summed E-state index contributed by atoms with van der Waals surface area (Å²) in [5.74, 6) is 1.74. The molecule has 0 aliphatic carbocycles. The Labute approximate surface area is 123 Å². The average Bonchev–Trinajstić information content (AvgIpc) is 2.87. The Kier molecular flexibility index (Phi) is 6.02. The number of unbranched alkanes of at least 4 members (excludes halogenated alkanes) is 2. The maximum absolute atomic E-state index is 4.31. The van der Waals surface area contributed by atoms with Crippen LogP contribution < -0.4 is 0 Å². The van der Waals surface area contributed by atoms with Crippen LogP contribution in [0.2, 0.25) is 0 Å². The third-order valence-electron chi connectivity index (χ3n) is 4.54. The van der Waals surface area contributed by atoms with Gasteiger partial charge >= 0.3 is 0 Å². The van der Waals surface area contributed by atoms with E-state index in [0.717, 1.165) is 30.6 Å². The minimum Gasteiger partial charge on any atom is -0.297 e. The molecule has 0 saturated carbocycles. The molecule has 0 amide bonds. The molecule has 0 radical (unpaired) electrons. The predicted octanol–water partition coefficient (Wildman–Crippen LogP) is 3.34. The van der Waals surface area contributed by atoms with Crippen LogP contribution in [-0.2, 0) is 13.1 Å². The third kappa shape index (κ3) is 4.58. The van der Waals surface area contributed by atoms with Crippen molar-refractivity contribution >= 4 is 0 Å². The minimum atomic E-state index is 0.830. The van der Waals surface area contributed by atoms with Crippen LogP contribution in [-0.4, -0.2) is 33.0 Å². The smallest absolute Gasteiger partial charge is 0.0967 e. The van der Waals surface area contributed by atoms with Crippen LogP contribution in [0.4, 0.5) is 0 Å². The maximum atomic E-state index is 4.31. The number of aryl methyl sites for hydroxylation is 1. The van der Waals surface area contributed by atoms with Gasteiger partial charge in [0.05, 0.1) is 5.69 Å². The monoisotopic (exact) mass is 278 g/mol. The Morgan fingerprint density at radius 3 is 2.65 bits per heavy atom. The van der Waals surface area contributed by atoms with Crippen molar-refractivity contribution in [1.82, 2.24) is 19.9 Å². The lowest BCUT2D eigenvalue weighted by atomic mass is 9.87. The summed E-state index contributed by atoms with van der Waals surface area (Å²) in [5.41, 5.74) is 1.13. The third-order valence-corrected chi connectivity index (χ3v) is 4.54. The molecule has 0 atom stereocenters. The molecular formula is C16H30N4. The zero-order valence-electron chi connectivity index (χ0n) is 13.4. The molecule has 4 heteroatoms. The van der Waals surface area contributed by atoms with Gasteiger partial charge in [-0.05, 0) is 44.2 Å². The van der Waals surface area contributed by atoms with Gasteiger partial charge in [0.2, 0.25) is 0 Å². The SMILES string of the molecule is CCCCCn1cc(CN2CCC(C(C)C)CC2)nn1. The molecule has 0 aromatic carbocycles. The van der Waals surface area contributed by atoms with Crippen molar-refractivity contribution in [1.29, 1.82) is 0 Å². The molecule has 1 aromatic rings. The average molecular weight is 278 g/mol. The molecule has 1 fully saturated rings. The molecule has 1 aromatic heterocycles. The Hall–Kier alpha value is -0.900. The van der Waals surface area contributed by atoms with E-state index < -0.39 is 0 Å². The Morgan fingerprint density at radius 1 is 1.25 bits per heavy atom. The second kappa shape index (κ2) is 7.77.